The van der Waals surface area contributed by atoms with E-state index in [0.29, 0.717) is 0 Å². The van der Waals surface area contributed by atoms with E-state index < -0.39 is 0 Å². The van der Waals surface area contributed by atoms with Crippen molar-refractivity contribution in [2.75, 3.05) is 0 Å². The van der Waals surface area contributed by atoms with Gasteiger partial charge in [-0.3, -0.25) is 0 Å². The minimum absolute atomic E-state index is 0.285. The summed E-state index contributed by atoms with van der Waals surface area (Å²) in [6, 6.07) is 0. The molecule has 0 spiro atoms. The smallest absolute Gasteiger partial charge is 0.212 e. The molecule has 0 atom stereocenters. The molecule has 0 bridgehead atoms. The number of aryl methyl sites for hydroxylation is 2. The molecule has 0 unspecified atom stereocenters. The van der Waals surface area contributed by atoms with Crippen LogP contribution in [0, 0.1) is 0 Å². The van der Waals surface area contributed by atoms with Crippen molar-refractivity contribution in [2.45, 2.75) is 0 Å². The van der Waals surface area contributed by atoms with Crippen LogP contribution in [0.1, 0.15) is 0 Å². The fraction of sp³-hybridized carbons (Fsp3) is 0.500. The molecule has 2 aromatic rings. The van der Waals surface area contributed by atoms with Gasteiger partial charge in [0.15, 0.2) is 0 Å². The molecule has 0 amide bonds. The molecule has 2 aromatic heterocycles. The second-order valence-electron chi connectivity index (χ2n) is 2.40. The SMILES string of the molecule is Cn1nnnc1/N=N\c1nnnn1C. The third-order valence-electron chi connectivity index (χ3n) is 1.42. The van der Waals surface area contributed by atoms with Gasteiger partial charge in [0.1, 0.15) is 0 Å². The summed E-state index contributed by atoms with van der Waals surface area (Å²) in [5.74, 6) is 0.570. The van der Waals surface area contributed by atoms with E-state index in [4.69, 9.17) is 0 Å². The summed E-state index contributed by atoms with van der Waals surface area (Å²) in [7, 11) is 3.31. The van der Waals surface area contributed by atoms with E-state index in [1.54, 1.807) is 14.1 Å². The van der Waals surface area contributed by atoms with E-state index in [2.05, 4.69) is 41.3 Å². The van der Waals surface area contributed by atoms with Crippen LogP contribution >= 0.6 is 0 Å². The van der Waals surface area contributed by atoms with E-state index in [1.165, 1.54) is 9.36 Å². The van der Waals surface area contributed by atoms with E-state index >= 15 is 0 Å². The van der Waals surface area contributed by atoms with Crippen LogP contribution in [0.15, 0.2) is 10.2 Å². The average Bonchev–Trinajstić information content (AvgIpc) is 2.72. The number of tetrazole rings is 2. The Morgan fingerprint density at radius 3 is 1.57 bits per heavy atom. The lowest BCUT2D eigenvalue weighted by Crippen LogP contribution is -1.90. The van der Waals surface area contributed by atoms with Crippen molar-refractivity contribution in [1.29, 1.82) is 0 Å². The molecule has 0 fully saturated rings. The van der Waals surface area contributed by atoms with Crippen molar-refractivity contribution < 1.29 is 0 Å². The Kier molecular flexibility index (Phi) is 1.93. The molecule has 2 rings (SSSR count). The Morgan fingerprint density at radius 2 is 1.29 bits per heavy atom. The van der Waals surface area contributed by atoms with Crippen molar-refractivity contribution in [3.8, 4) is 0 Å². The van der Waals surface area contributed by atoms with Gasteiger partial charge in [-0.25, -0.2) is 9.36 Å². The molecular formula is C4H6N10. The highest BCUT2D eigenvalue weighted by atomic mass is 15.6. The van der Waals surface area contributed by atoms with Gasteiger partial charge >= 0.3 is 0 Å². The highest BCUT2D eigenvalue weighted by molar-refractivity contribution is 5.13. The topological polar surface area (TPSA) is 112 Å². The lowest BCUT2D eigenvalue weighted by atomic mass is 11.0. The van der Waals surface area contributed by atoms with Gasteiger partial charge in [-0.15, -0.1) is 10.2 Å². The molecule has 0 aromatic carbocycles. The maximum absolute atomic E-state index is 3.76. The molecule has 0 radical (unpaired) electrons. The van der Waals surface area contributed by atoms with Gasteiger partial charge in [0.2, 0.25) is 0 Å². The third-order valence-corrected chi connectivity index (χ3v) is 1.42. The Bertz CT molecular complexity index is 408. The lowest BCUT2D eigenvalue weighted by molar-refractivity contribution is 0.702. The molecule has 72 valence electrons. The van der Waals surface area contributed by atoms with Crippen LogP contribution in [0.5, 0.6) is 0 Å². The fourth-order valence-corrected chi connectivity index (χ4v) is 0.708. The minimum Gasteiger partial charge on any atom is -0.212 e. The first kappa shape index (κ1) is 8.34. The number of aromatic nitrogens is 8. The first-order valence-electron chi connectivity index (χ1n) is 3.64. The van der Waals surface area contributed by atoms with Gasteiger partial charge in [0.25, 0.3) is 11.9 Å². The molecular weight excluding hydrogens is 188 g/mol. The van der Waals surface area contributed by atoms with Crippen molar-refractivity contribution >= 4 is 11.9 Å². The molecule has 14 heavy (non-hydrogen) atoms. The van der Waals surface area contributed by atoms with E-state index in [1.807, 2.05) is 0 Å². The predicted molar refractivity (Wildman–Crippen MR) is 41.8 cm³/mol. The number of azo groups is 1. The predicted octanol–water partition coefficient (Wildman–Crippen LogP) is -0.851. The summed E-state index contributed by atoms with van der Waals surface area (Å²) in [5.41, 5.74) is 0. The molecule has 0 aliphatic rings. The zero-order valence-electron chi connectivity index (χ0n) is 7.47. The van der Waals surface area contributed by atoms with Crippen molar-refractivity contribution in [2.24, 2.45) is 24.3 Å². The van der Waals surface area contributed by atoms with Crippen LogP contribution in [0.2, 0.25) is 0 Å². The monoisotopic (exact) mass is 194 g/mol. The van der Waals surface area contributed by atoms with Gasteiger partial charge < -0.3 is 0 Å². The Morgan fingerprint density at radius 1 is 0.857 bits per heavy atom. The second-order valence-corrected chi connectivity index (χ2v) is 2.40. The number of rotatable bonds is 2. The normalized spacial score (nSPS) is 11.3. The maximum atomic E-state index is 3.76. The minimum atomic E-state index is 0.285. The zero-order valence-corrected chi connectivity index (χ0v) is 7.47. The molecule has 10 nitrogen and oxygen atoms in total. The largest absolute Gasteiger partial charge is 0.287 e. The van der Waals surface area contributed by atoms with Crippen LogP contribution in [0.4, 0.5) is 11.9 Å². The van der Waals surface area contributed by atoms with Crippen LogP contribution in [-0.4, -0.2) is 40.4 Å². The third kappa shape index (κ3) is 1.44. The van der Waals surface area contributed by atoms with Crippen LogP contribution < -0.4 is 0 Å². The number of nitrogens with zero attached hydrogens (tertiary/aromatic N) is 10. The Balaban J connectivity index is 2.23. The van der Waals surface area contributed by atoms with Crippen molar-refractivity contribution in [3.05, 3.63) is 0 Å². The summed E-state index contributed by atoms with van der Waals surface area (Å²) in [6.45, 7) is 0. The van der Waals surface area contributed by atoms with E-state index in [0.717, 1.165) is 0 Å². The number of hydrogen-bond acceptors (Lipinski definition) is 8. The summed E-state index contributed by atoms with van der Waals surface area (Å²) in [4.78, 5) is 0. The average molecular weight is 194 g/mol. The summed E-state index contributed by atoms with van der Waals surface area (Å²) in [5, 5.41) is 28.7. The Labute approximate surface area is 77.6 Å². The van der Waals surface area contributed by atoms with Gasteiger partial charge in [0.05, 0.1) is 0 Å². The molecule has 0 saturated heterocycles. The summed E-state index contributed by atoms with van der Waals surface area (Å²) in [6.07, 6.45) is 0. The maximum Gasteiger partial charge on any atom is 0.287 e. The summed E-state index contributed by atoms with van der Waals surface area (Å²) >= 11 is 0. The first-order chi connectivity index (χ1) is 6.77. The lowest BCUT2D eigenvalue weighted by Gasteiger charge is -1.88. The standard InChI is InChI=1S/C4H6N10/c1-13-3(7-9-11-13)5-6-4-8-10-12-14(4)2/h1-2H3/b6-5-. The zero-order chi connectivity index (χ0) is 9.97. The van der Waals surface area contributed by atoms with Crippen LogP contribution in [-0.2, 0) is 14.1 Å². The van der Waals surface area contributed by atoms with Gasteiger partial charge in [-0.1, -0.05) is 10.2 Å². The quantitative estimate of drug-likeness (QED) is 0.575. The fourth-order valence-electron chi connectivity index (χ4n) is 0.708. The molecule has 0 N–H and O–H groups in total. The second kappa shape index (κ2) is 3.24. The number of hydrogen-bond donors (Lipinski definition) is 0. The molecule has 0 aliphatic heterocycles. The molecule has 2 heterocycles. The van der Waals surface area contributed by atoms with Crippen LogP contribution in [0.25, 0.3) is 0 Å². The van der Waals surface area contributed by atoms with Crippen molar-refractivity contribution in [1.82, 2.24) is 40.4 Å². The molecule has 0 saturated carbocycles. The van der Waals surface area contributed by atoms with Gasteiger partial charge in [-0.2, -0.15) is 0 Å². The highest BCUT2D eigenvalue weighted by Gasteiger charge is 2.01. The summed E-state index contributed by atoms with van der Waals surface area (Å²) < 4.78 is 2.76. The van der Waals surface area contributed by atoms with Gasteiger partial charge in [-0.05, 0) is 20.9 Å². The van der Waals surface area contributed by atoms with E-state index in [-0.39, 0.29) is 11.9 Å². The Hall–Kier alpha value is -2.26. The first-order valence-corrected chi connectivity index (χ1v) is 3.64. The highest BCUT2D eigenvalue weighted by Crippen LogP contribution is 2.08. The molecule has 10 heteroatoms. The van der Waals surface area contributed by atoms with E-state index in [9.17, 15) is 0 Å². The van der Waals surface area contributed by atoms with Crippen LogP contribution in [0.3, 0.4) is 0 Å². The van der Waals surface area contributed by atoms with Crippen molar-refractivity contribution in [3.63, 3.8) is 0 Å². The molecule has 0 aliphatic carbocycles. The van der Waals surface area contributed by atoms with Gasteiger partial charge in [0, 0.05) is 14.1 Å².